The summed E-state index contributed by atoms with van der Waals surface area (Å²) in [6, 6.07) is 3.71. The Hall–Kier alpha value is -1.45. The SMILES string of the molecule is COc1nc(NC(C)(C)C2CC2)ccc1N. The van der Waals surface area contributed by atoms with Crippen LogP contribution in [0.25, 0.3) is 0 Å². The molecule has 0 saturated heterocycles. The van der Waals surface area contributed by atoms with Crippen LogP contribution in [-0.4, -0.2) is 17.6 Å². The Morgan fingerprint density at radius 3 is 2.69 bits per heavy atom. The van der Waals surface area contributed by atoms with Gasteiger partial charge in [0.2, 0.25) is 5.88 Å². The molecule has 1 aromatic heterocycles. The highest BCUT2D eigenvalue weighted by molar-refractivity contribution is 5.54. The first-order valence-corrected chi connectivity index (χ1v) is 5.61. The van der Waals surface area contributed by atoms with Crippen LogP contribution < -0.4 is 15.8 Å². The van der Waals surface area contributed by atoms with Crippen molar-refractivity contribution in [1.82, 2.24) is 4.98 Å². The Bertz CT molecular complexity index is 386. The maximum absolute atomic E-state index is 5.72. The number of anilines is 2. The number of pyridine rings is 1. The molecule has 0 unspecified atom stereocenters. The molecule has 4 nitrogen and oxygen atoms in total. The lowest BCUT2D eigenvalue weighted by molar-refractivity contribution is 0.400. The van der Waals surface area contributed by atoms with Gasteiger partial charge in [0.05, 0.1) is 12.8 Å². The Kier molecular flexibility index (Phi) is 2.66. The summed E-state index contributed by atoms with van der Waals surface area (Å²) < 4.78 is 5.10. The standard InChI is InChI=1S/C12H19N3O/c1-12(2,8-4-5-8)15-10-7-6-9(13)11(14-10)16-3/h6-8H,4-5,13H2,1-3H3,(H,14,15). The van der Waals surface area contributed by atoms with Crippen LogP contribution in [0.1, 0.15) is 26.7 Å². The molecule has 88 valence electrons. The van der Waals surface area contributed by atoms with E-state index in [2.05, 4.69) is 24.1 Å². The highest BCUT2D eigenvalue weighted by atomic mass is 16.5. The monoisotopic (exact) mass is 221 g/mol. The molecule has 1 saturated carbocycles. The van der Waals surface area contributed by atoms with E-state index >= 15 is 0 Å². The largest absolute Gasteiger partial charge is 0.479 e. The second-order valence-electron chi connectivity index (χ2n) is 4.92. The van der Waals surface area contributed by atoms with Crippen LogP contribution in [0.15, 0.2) is 12.1 Å². The normalized spacial score (nSPS) is 15.9. The molecule has 2 rings (SSSR count). The molecule has 0 aliphatic heterocycles. The number of nitrogens with two attached hydrogens (primary N) is 1. The van der Waals surface area contributed by atoms with E-state index in [1.54, 1.807) is 7.11 Å². The van der Waals surface area contributed by atoms with Gasteiger partial charge in [0.25, 0.3) is 0 Å². The fourth-order valence-electron chi connectivity index (χ4n) is 1.92. The molecule has 3 N–H and O–H groups in total. The van der Waals surface area contributed by atoms with Crippen molar-refractivity contribution in [3.63, 3.8) is 0 Å². The van der Waals surface area contributed by atoms with E-state index in [1.807, 2.05) is 12.1 Å². The minimum Gasteiger partial charge on any atom is -0.479 e. The van der Waals surface area contributed by atoms with E-state index in [0.717, 1.165) is 11.7 Å². The molecule has 4 heteroatoms. The van der Waals surface area contributed by atoms with Gasteiger partial charge < -0.3 is 15.8 Å². The van der Waals surface area contributed by atoms with Crippen LogP contribution in [0.2, 0.25) is 0 Å². The van der Waals surface area contributed by atoms with Crippen molar-refractivity contribution in [3.05, 3.63) is 12.1 Å². The van der Waals surface area contributed by atoms with Crippen molar-refractivity contribution < 1.29 is 4.74 Å². The van der Waals surface area contributed by atoms with E-state index in [9.17, 15) is 0 Å². The Morgan fingerprint density at radius 2 is 2.12 bits per heavy atom. The lowest BCUT2D eigenvalue weighted by atomic mass is 9.99. The molecule has 0 aromatic carbocycles. The number of hydrogen-bond acceptors (Lipinski definition) is 4. The van der Waals surface area contributed by atoms with Gasteiger partial charge in [0.15, 0.2) is 0 Å². The summed E-state index contributed by atoms with van der Waals surface area (Å²) in [6.45, 7) is 4.41. The summed E-state index contributed by atoms with van der Waals surface area (Å²) in [6.07, 6.45) is 2.60. The van der Waals surface area contributed by atoms with Crippen molar-refractivity contribution in [1.29, 1.82) is 0 Å². The highest BCUT2D eigenvalue weighted by Crippen LogP contribution is 2.41. The maximum atomic E-state index is 5.72. The van der Waals surface area contributed by atoms with Crippen LogP contribution >= 0.6 is 0 Å². The third kappa shape index (κ3) is 2.21. The quantitative estimate of drug-likeness (QED) is 0.818. The van der Waals surface area contributed by atoms with Crippen LogP contribution in [0.5, 0.6) is 5.88 Å². The zero-order valence-corrected chi connectivity index (χ0v) is 10.1. The lowest BCUT2D eigenvalue weighted by Crippen LogP contribution is -2.33. The van der Waals surface area contributed by atoms with Gasteiger partial charge in [-0.3, -0.25) is 0 Å². The highest BCUT2D eigenvalue weighted by Gasteiger charge is 2.37. The summed E-state index contributed by atoms with van der Waals surface area (Å²) >= 11 is 0. The van der Waals surface area contributed by atoms with Gasteiger partial charge in [0, 0.05) is 5.54 Å². The predicted octanol–water partition coefficient (Wildman–Crippen LogP) is 2.27. The van der Waals surface area contributed by atoms with Crippen molar-refractivity contribution in [2.75, 3.05) is 18.2 Å². The van der Waals surface area contributed by atoms with Gasteiger partial charge in [-0.15, -0.1) is 0 Å². The second kappa shape index (κ2) is 3.85. The zero-order chi connectivity index (χ0) is 11.8. The number of nitrogens with zero attached hydrogens (tertiary/aromatic N) is 1. The topological polar surface area (TPSA) is 60.2 Å². The summed E-state index contributed by atoms with van der Waals surface area (Å²) in [5.41, 5.74) is 6.38. The van der Waals surface area contributed by atoms with E-state index in [0.29, 0.717) is 11.6 Å². The summed E-state index contributed by atoms with van der Waals surface area (Å²) in [7, 11) is 1.58. The number of rotatable bonds is 4. The summed E-state index contributed by atoms with van der Waals surface area (Å²) in [5, 5.41) is 3.44. The predicted molar refractivity (Wildman–Crippen MR) is 65.6 cm³/mol. The number of methoxy groups -OCH3 is 1. The molecule has 1 fully saturated rings. The molecule has 0 bridgehead atoms. The summed E-state index contributed by atoms with van der Waals surface area (Å²) in [5.74, 6) is 2.05. The smallest absolute Gasteiger partial charge is 0.238 e. The molecule has 0 amide bonds. The number of hydrogen-bond donors (Lipinski definition) is 2. The first kappa shape index (κ1) is 11.0. The Labute approximate surface area is 96.2 Å². The molecule has 0 spiro atoms. The van der Waals surface area contributed by atoms with Gasteiger partial charge in [-0.05, 0) is 44.7 Å². The molecule has 1 aliphatic carbocycles. The molecule has 0 atom stereocenters. The number of nitrogens with one attached hydrogen (secondary N) is 1. The van der Waals surface area contributed by atoms with Crippen LogP contribution in [0.4, 0.5) is 11.5 Å². The van der Waals surface area contributed by atoms with Crippen molar-refractivity contribution in [3.8, 4) is 5.88 Å². The van der Waals surface area contributed by atoms with E-state index in [1.165, 1.54) is 12.8 Å². The van der Waals surface area contributed by atoms with Crippen LogP contribution in [-0.2, 0) is 0 Å². The minimum atomic E-state index is 0.0914. The average molecular weight is 221 g/mol. The third-order valence-electron chi connectivity index (χ3n) is 3.13. The molecule has 1 heterocycles. The van der Waals surface area contributed by atoms with Crippen LogP contribution in [0, 0.1) is 5.92 Å². The maximum Gasteiger partial charge on any atom is 0.238 e. The molecule has 16 heavy (non-hydrogen) atoms. The minimum absolute atomic E-state index is 0.0914. The lowest BCUT2D eigenvalue weighted by Gasteiger charge is -2.27. The first-order chi connectivity index (χ1) is 7.53. The Balaban J connectivity index is 2.15. The fourth-order valence-corrected chi connectivity index (χ4v) is 1.92. The molecular formula is C12H19N3O. The number of nitrogen functional groups attached to an aromatic ring is 1. The molecular weight excluding hydrogens is 202 g/mol. The third-order valence-corrected chi connectivity index (χ3v) is 3.13. The first-order valence-electron chi connectivity index (χ1n) is 5.61. The van der Waals surface area contributed by atoms with Gasteiger partial charge in [-0.1, -0.05) is 0 Å². The molecule has 1 aromatic rings. The summed E-state index contributed by atoms with van der Waals surface area (Å²) in [4.78, 5) is 4.33. The van der Waals surface area contributed by atoms with Crippen molar-refractivity contribution in [2.24, 2.45) is 5.92 Å². The molecule has 0 radical (unpaired) electrons. The zero-order valence-electron chi connectivity index (χ0n) is 10.1. The second-order valence-corrected chi connectivity index (χ2v) is 4.92. The van der Waals surface area contributed by atoms with E-state index in [4.69, 9.17) is 10.5 Å². The van der Waals surface area contributed by atoms with Gasteiger partial charge >= 0.3 is 0 Å². The number of ether oxygens (including phenoxy) is 1. The average Bonchev–Trinajstić information content (AvgIpc) is 3.04. The van der Waals surface area contributed by atoms with Gasteiger partial charge in [0.1, 0.15) is 5.82 Å². The Morgan fingerprint density at radius 1 is 1.44 bits per heavy atom. The van der Waals surface area contributed by atoms with E-state index < -0.39 is 0 Å². The van der Waals surface area contributed by atoms with Crippen LogP contribution in [0.3, 0.4) is 0 Å². The van der Waals surface area contributed by atoms with Gasteiger partial charge in [-0.2, -0.15) is 4.98 Å². The van der Waals surface area contributed by atoms with Gasteiger partial charge in [-0.25, -0.2) is 0 Å². The molecule has 1 aliphatic rings. The van der Waals surface area contributed by atoms with E-state index in [-0.39, 0.29) is 5.54 Å². The van der Waals surface area contributed by atoms with Crippen molar-refractivity contribution >= 4 is 11.5 Å². The number of aromatic nitrogens is 1. The fraction of sp³-hybridized carbons (Fsp3) is 0.583. The van der Waals surface area contributed by atoms with Crippen molar-refractivity contribution in [2.45, 2.75) is 32.2 Å².